The molecule has 0 spiro atoms. The average molecular weight is 181 g/mol. The Morgan fingerprint density at radius 3 is 2.38 bits per heavy atom. The topological polar surface area (TPSA) is 37.4 Å². The van der Waals surface area contributed by atoms with Gasteiger partial charge in [0.1, 0.15) is 5.82 Å². The van der Waals surface area contributed by atoms with Gasteiger partial charge in [-0.25, -0.2) is 4.39 Å². The van der Waals surface area contributed by atoms with E-state index in [0.717, 1.165) is 4.90 Å². The van der Waals surface area contributed by atoms with E-state index in [-0.39, 0.29) is 12.1 Å². The number of halogens is 1. The molecule has 3 nitrogen and oxygen atoms in total. The van der Waals surface area contributed by atoms with Gasteiger partial charge in [-0.15, -0.1) is 0 Å². The first-order chi connectivity index (χ1) is 6.15. The van der Waals surface area contributed by atoms with Gasteiger partial charge < -0.3 is 4.90 Å². The van der Waals surface area contributed by atoms with E-state index >= 15 is 0 Å². The maximum Gasteiger partial charge on any atom is 0.290 e. The average Bonchev–Trinajstić information content (AvgIpc) is 2.17. The van der Waals surface area contributed by atoms with Crippen molar-refractivity contribution >= 4 is 17.9 Å². The van der Waals surface area contributed by atoms with Crippen molar-refractivity contribution < 1.29 is 14.0 Å². The number of aldehydes is 1. The van der Waals surface area contributed by atoms with Crippen LogP contribution in [0.2, 0.25) is 0 Å². The lowest BCUT2D eigenvalue weighted by molar-refractivity contribution is -0.129. The third-order valence-corrected chi connectivity index (χ3v) is 1.65. The molecule has 0 radical (unpaired) electrons. The van der Waals surface area contributed by atoms with Crippen LogP contribution in [0.5, 0.6) is 0 Å². The molecule has 0 fully saturated rings. The first kappa shape index (κ1) is 9.38. The van der Waals surface area contributed by atoms with Gasteiger partial charge in [0.2, 0.25) is 6.29 Å². The Labute approximate surface area is 74.8 Å². The quantitative estimate of drug-likeness (QED) is 0.504. The van der Waals surface area contributed by atoms with E-state index in [1.165, 1.54) is 31.3 Å². The van der Waals surface area contributed by atoms with Crippen molar-refractivity contribution in [1.29, 1.82) is 0 Å². The number of amides is 1. The minimum absolute atomic E-state index is 0.212. The van der Waals surface area contributed by atoms with Crippen molar-refractivity contribution in [1.82, 2.24) is 0 Å². The van der Waals surface area contributed by atoms with Gasteiger partial charge >= 0.3 is 0 Å². The predicted octanol–water partition coefficient (Wildman–Crippen LogP) is 0.987. The molecule has 0 bridgehead atoms. The van der Waals surface area contributed by atoms with Gasteiger partial charge in [0.25, 0.3) is 5.91 Å². The van der Waals surface area contributed by atoms with E-state index in [2.05, 4.69) is 0 Å². The highest BCUT2D eigenvalue weighted by Gasteiger charge is 2.08. The lowest BCUT2D eigenvalue weighted by atomic mass is 10.3. The van der Waals surface area contributed by atoms with Gasteiger partial charge in [-0.1, -0.05) is 0 Å². The van der Waals surface area contributed by atoms with Crippen molar-refractivity contribution in [2.24, 2.45) is 0 Å². The molecule has 13 heavy (non-hydrogen) atoms. The molecule has 0 aliphatic carbocycles. The van der Waals surface area contributed by atoms with Crippen LogP contribution in [0.4, 0.5) is 10.1 Å². The van der Waals surface area contributed by atoms with E-state index < -0.39 is 5.91 Å². The highest BCUT2D eigenvalue weighted by atomic mass is 19.1. The van der Waals surface area contributed by atoms with E-state index in [9.17, 15) is 14.0 Å². The predicted molar refractivity (Wildman–Crippen MR) is 45.9 cm³/mol. The monoisotopic (exact) mass is 181 g/mol. The van der Waals surface area contributed by atoms with Crippen molar-refractivity contribution in [3.8, 4) is 0 Å². The summed E-state index contributed by atoms with van der Waals surface area (Å²) < 4.78 is 12.5. The molecule has 0 saturated heterocycles. The van der Waals surface area contributed by atoms with E-state index in [0.29, 0.717) is 5.69 Å². The van der Waals surface area contributed by atoms with Crippen LogP contribution in [-0.2, 0) is 9.59 Å². The van der Waals surface area contributed by atoms with Gasteiger partial charge in [-0.2, -0.15) is 0 Å². The number of rotatable bonds is 2. The van der Waals surface area contributed by atoms with Crippen LogP contribution in [0.1, 0.15) is 0 Å². The molecule has 1 aromatic carbocycles. The fraction of sp³-hybridized carbons (Fsp3) is 0.111. The summed E-state index contributed by atoms with van der Waals surface area (Å²) in [4.78, 5) is 22.1. The molecule has 1 amide bonds. The molecule has 0 atom stereocenters. The third kappa shape index (κ3) is 2.11. The highest BCUT2D eigenvalue weighted by Crippen LogP contribution is 2.12. The fourth-order valence-electron chi connectivity index (χ4n) is 0.871. The standard InChI is InChI=1S/C9H8FNO2/c1-11(9(13)6-12)8-4-2-7(10)3-5-8/h2-6H,1H3. The molecule has 0 aliphatic heterocycles. The maximum atomic E-state index is 12.5. The Hall–Kier alpha value is -1.71. The maximum absolute atomic E-state index is 12.5. The van der Waals surface area contributed by atoms with Gasteiger partial charge in [0.05, 0.1) is 0 Å². The van der Waals surface area contributed by atoms with Crippen molar-refractivity contribution in [3.63, 3.8) is 0 Å². The third-order valence-electron chi connectivity index (χ3n) is 1.65. The number of benzene rings is 1. The Balaban J connectivity index is 2.89. The molecular formula is C9H8FNO2. The molecule has 4 heteroatoms. The van der Waals surface area contributed by atoms with Crippen LogP contribution in [0.15, 0.2) is 24.3 Å². The molecule has 0 aliphatic rings. The second kappa shape index (κ2) is 3.80. The summed E-state index contributed by atoms with van der Waals surface area (Å²) in [6, 6.07) is 5.31. The Morgan fingerprint density at radius 1 is 1.38 bits per heavy atom. The van der Waals surface area contributed by atoms with Crippen LogP contribution in [-0.4, -0.2) is 19.2 Å². The summed E-state index contributed by atoms with van der Waals surface area (Å²) in [5.41, 5.74) is 0.485. The van der Waals surface area contributed by atoms with Gasteiger partial charge in [0.15, 0.2) is 0 Å². The molecule has 0 saturated carbocycles. The van der Waals surface area contributed by atoms with Crippen LogP contribution in [0.25, 0.3) is 0 Å². The molecule has 0 aromatic heterocycles. The van der Waals surface area contributed by atoms with E-state index in [1.807, 2.05) is 0 Å². The fourth-order valence-corrected chi connectivity index (χ4v) is 0.871. The van der Waals surface area contributed by atoms with Crippen LogP contribution in [0.3, 0.4) is 0 Å². The van der Waals surface area contributed by atoms with Crippen molar-refractivity contribution in [2.75, 3.05) is 11.9 Å². The molecule has 0 unspecified atom stereocenters. The van der Waals surface area contributed by atoms with Crippen LogP contribution >= 0.6 is 0 Å². The second-order valence-electron chi connectivity index (χ2n) is 2.49. The zero-order valence-electron chi connectivity index (χ0n) is 7.03. The van der Waals surface area contributed by atoms with E-state index in [4.69, 9.17) is 0 Å². The van der Waals surface area contributed by atoms with Crippen molar-refractivity contribution in [2.45, 2.75) is 0 Å². The number of carbonyl (C=O) groups is 2. The van der Waals surface area contributed by atoms with Crippen LogP contribution < -0.4 is 4.90 Å². The summed E-state index contributed by atoms with van der Waals surface area (Å²) in [6.07, 6.45) is 0.212. The van der Waals surface area contributed by atoms with Crippen molar-refractivity contribution in [3.05, 3.63) is 30.1 Å². The zero-order valence-corrected chi connectivity index (χ0v) is 7.03. The number of nitrogens with zero attached hydrogens (tertiary/aromatic N) is 1. The Bertz CT molecular complexity index is 321. The molecule has 1 aromatic rings. The number of likely N-dealkylation sites (N-methyl/N-ethyl adjacent to an activating group) is 1. The largest absolute Gasteiger partial charge is 0.309 e. The minimum atomic E-state index is -0.661. The normalized spacial score (nSPS) is 9.38. The first-order valence-corrected chi connectivity index (χ1v) is 3.63. The molecular weight excluding hydrogens is 173 g/mol. The lowest BCUT2D eigenvalue weighted by Crippen LogP contribution is -2.26. The molecule has 68 valence electrons. The Kier molecular flexibility index (Phi) is 2.74. The molecule has 1 rings (SSSR count). The summed E-state index contributed by atoms with van der Waals surface area (Å²) in [5, 5.41) is 0. The summed E-state index contributed by atoms with van der Waals surface area (Å²) >= 11 is 0. The van der Waals surface area contributed by atoms with Gasteiger partial charge in [-0.05, 0) is 24.3 Å². The van der Waals surface area contributed by atoms with Gasteiger partial charge in [0, 0.05) is 12.7 Å². The number of hydrogen-bond acceptors (Lipinski definition) is 2. The molecule has 0 N–H and O–H groups in total. The van der Waals surface area contributed by atoms with Crippen LogP contribution in [0, 0.1) is 5.82 Å². The minimum Gasteiger partial charge on any atom is -0.309 e. The summed E-state index contributed by atoms with van der Waals surface area (Å²) in [6.45, 7) is 0. The summed E-state index contributed by atoms with van der Waals surface area (Å²) in [7, 11) is 1.45. The number of anilines is 1. The number of carbonyl (C=O) groups excluding carboxylic acids is 2. The molecule has 0 heterocycles. The summed E-state index contributed by atoms with van der Waals surface area (Å²) in [5.74, 6) is -1.04. The lowest BCUT2D eigenvalue weighted by Gasteiger charge is -2.13. The zero-order chi connectivity index (χ0) is 9.84. The first-order valence-electron chi connectivity index (χ1n) is 3.63. The highest BCUT2D eigenvalue weighted by molar-refractivity contribution is 6.30. The van der Waals surface area contributed by atoms with Gasteiger partial charge in [-0.3, -0.25) is 9.59 Å². The Morgan fingerprint density at radius 2 is 1.92 bits per heavy atom. The number of hydrogen-bond donors (Lipinski definition) is 0. The van der Waals surface area contributed by atoms with E-state index in [1.54, 1.807) is 0 Å². The smallest absolute Gasteiger partial charge is 0.290 e. The SMILES string of the molecule is CN(C(=O)C=O)c1ccc(F)cc1. The second-order valence-corrected chi connectivity index (χ2v) is 2.49.